The van der Waals surface area contributed by atoms with Crippen LogP contribution in [0, 0.1) is 11.7 Å². The molecule has 10 heteroatoms. The van der Waals surface area contributed by atoms with Gasteiger partial charge in [0.15, 0.2) is 17.5 Å². The molecule has 1 amide bonds. The molecule has 3 atom stereocenters. The summed E-state index contributed by atoms with van der Waals surface area (Å²) in [5.41, 5.74) is 1.30. The highest BCUT2D eigenvalue weighted by atomic mass is 35.5. The van der Waals surface area contributed by atoms with Gasteiger partial charge in [-0.1, -0.05) is 18.0 Å². The van der Waals surface area contributed by atoms with Crippen molar-refractivity contribution in [3.8, 4) is 11.4 Å². The number of nitrogens with zero attached hydrogens (tertiary/aromatic N) is 3. The van der Waals surface area contributed by atoms with Crippen molar-refractivity contribution >= 4 is 42.2 Å². The lowest BCUT2D eigenvalue weighted by molar-refractivity contribution is -0.125. The van der Waals surface area contributed by atoms with E-state index in [1.807, 2.05) is 6.92 Å². The number of pyridine rings is 1. The topological polar surface area (TPSA) is 95.6 Å². The Hall–Kier alpha value is -2.68. The minimum absolute atomic E-state index is 0.0568. The number of hydrogen-bond acceptors (Lipinski definition) is 5. The van der Waals surface area contributed by atoms with Crippen LogP contribution < -0.4 is 10.6 Å². The van der Waals surface area contributed by atoms with Gasteiger partial charge in [0.1, 0.15) is 5.65 Å². The third-order valence-corrected chi connectivity index (χ3v) is 5.66. The monoisotopic (exact) mass is 426 g/mol. The van der Waals surface area contributed by atoms with Gasteiger partial charge in [-0.25, -0.2) is 19.3 Å². The summed E-state index contributed by atoms with van der Waals surface area (Å²) in [5.74, 6) is -1.02. The molecular weight excluding hydrogens is 406 g/mol. The average molecular weight is 427 g/mol. The summed E-state index contributed by atoms with van der Waals surface area (Å²) < 4.78 is 14.5. The molecule has 3 N–H and O–H groups in total. The quantitative estimate of drug-likeness (QED) is 0.543. The summed E-state index contributed by atoms with van der Waals surface area (Å²) in [6.07, 6.45) is 6.63. The molecular formula is C20H21BClFN6O. The Morgan fingerprint density at radius 1 is 1.37 bits per heavy atom. The number of nitrogens with one attached hydrogen (secondary N) is 3. The maximum atomic E-state index is 14.5. The first-order valence-electron chi connectivity index (χ1n) is 9.93. The van der Waals surface area contributed by atoms with Crippen LogP contribution in [0.25, 0.3) is 22.4 Å². The van der Waals surface area contributed by atoms with Gasteiger partial charge < -0.3 is 15.6 Å². The standard InChI is InChI=1S/C20H21BClFN6O/c1-2-24-20(30)11-4-3-5-15(16(11)21)28-19-14(23)9-27-18(29-19)13-8-26-17-12(13)6-10(22)7-25-17/h6-9,11,15-16H,2-5H2,1H3,(H,24,30)(H,25,26)(H,27,28,29). The molecule has 1 fully saturated rings. The Kier molecular flexibility index (Phi) is 5.90. The van der Waals surface area contributed by atoms with Gasteiger partial charge in [0.2, 0.25) is 5.91 Å². The van der Waals surface area contributed by atoms with Crippen LogP contribution in [0.1, 0.15) is 26.2 Å². The summed E-state index contributed by atoms with van der Waals surface area (Å²) in [7, 11) is 6.36. The lowest BCUT2D eigenvalue weighted by atomic mass is 9.65. The minimum Gasteiger partial charge on any atom is -0.365 e. The Bertz CT molecular complexity index is 1080. The molecule has 1 aliphatic rings. The molecule has 7 nitrogen and oxygen atoms in total. The van der Waals surface area contributed by atoms with Crippen molar-refractivity contribution in [1.82, 2.24) is 25.3 Å². The predicted octanol–water partition coefficient (Wildman–Crippen LogP) is 3.49. The Labute approximate surface area is 179 Å². The van der Waals surface area contributed by atoms with Crippen molar-refractivity contribution in [2.75, 3.05) is 11.9 Å². The molecule has 0 aromatic carbocycles. The molecule has 3 aromatic rings. The zero-order valence-electron chi connectivity index (χ0n) is 16.5. The van der Waals surface area contributed by atoms with Gasteiger partial charge in [-0.15, -0.1) is 0 Å². The largest absolute Gasteiger partial charge is 0.365 e. The molecule has 0 spiro atoms. The van der Waals surface area contributed by atoms with Crippen molar-refractivity contribution in [1.29, 1.82) is 0 Å². The number of hydrogen-bond donors (Lipinski definition) is 3. The number of aromatic nitrogens is 4. The maximum Gasteiger partial charge on any atom is 0.222 e. The van der Waals surface area contributed by atoms with E-state index in [2.05, 4.69) is 30.6 Å². The Morgan fingerprint density at radius 3 is 3.00 bits per heavy atom. The van der Waals surface area contributed by atoms with E-state index in [9.17, 15) is 9.18 Å². The highest BCUT2D eigenvalue weighted by Gasteiger charge is 2.34. The molecule has 3 heterocycles. The molecule has 3 aromatic heterocycles. The minimum atomic E-state index is -0.581. The number of aromatic amines is 1. The van der Waals surface area contributed by atoms with Crippen LogP contribution in [0.15, 0.2) is 24.7 Å². The third-order valence-electron chi connectivity index (χ3n) is 5.45. The van der Waals surface area contributed by atoms with Crippen LogP contribution in [-0.4, -0.2) is 46.3 Å². The van der Waals surface area contributed by atoms with Gasteiger partial charge in [-0.05, 0) is 31.6 Å². The van der Waals surface area contributed by atoms with Crippen LogP contribution in [-0.2, 0) is 4.79 Å². The van der Waals surface area contributed by atoms with Crippen LogP contribution in [0.2, 0.25) is 10.8 Å². The van der Waals surface area contributed by atoms with E-state index >= 15 is 0 Å². The van der Waals surface area contributed by atoms with E-state index < -0.39 is 11.6 Å². The molecule has 0 aliphatic heterocycles. The number of carbonyl (C=O) groups is 1. The second-order valence-corrected chi connectivity index (χ2v) is 7.84. The lowest BCUT2D eigenvalue weighted by Gasteiger charge is -2.36. The fourth-order valence-electron chi connectivity index (χ4n) is 3.94. The summed E-state index contributed by atoms with van der Waals surface area (Å²) in [5, 5.41) is 7.15. The molecule has 0 bridgehead atoms. The Morgan fingerprint density at radius 2 is 2.20 bits per heavy atom. The molecule has 2 radical (unpaired) electrons. The SMILES string of the molecule is [B]C1C(Nc2nc(-c3c[nH]c4ncc(Cl)cc34)ncc2F)CCCC1C(=O)NCC. The van der Waals surface area contributed by atoms with E-state index in [-0.39, 0.29) is 23.7 Å². The van der Waals surface area contributed by atoms with Crippen LogP contribution in [0.3, 0.4) is 0 Å². The fraction of sp³-hybridized carbons (Fsp3) is 0.400. The molecule has 4 rings (SSSR count). The summed E-state index contributed by atoms with van der Waals surface area (Å²) in [4.78, 5) is 28.1. The van der Waals surface area contributed by atoms with Crippen molar-refractivity contribution in [3.63, 3.8) is 0 Å². The first-order valence-corrected chi connectivity index (χ1v) is 10.3. The predicted molar refractivity (Wildman–Crippen MR) is 115 cm³/mol. The summed E-state index contributed by atoms with van der Waals surface area (Å²) in [6.45, 7) is 2.42. The molecule has 154 valence electrons. The van der Waals surface area contributed by atoms with Crippen molar-refractivity contribution in [2.24, 2.45) is 5.92 Å². The Balaban J connectivity index is 1.61. The number of anilines is 1. The zero-order chi connectivity index (χ0) is 21.3. The van der Waals surface area contributed by atoms with E-state index in [1.54, 1.807) is 12.3 Å². The van der Waals surface area contributed by atoms with E-state index in [1.165, 1.54) is 6.20 Å². The lowest BCUT2D eigenvalue weighted by Crippen LogP contribution is -2.42. The van der Waals surface area contributed by atoms with Crippen LogP contribution in [0.4, 0.5) is 10.2 Å². The van der Waals surface area contributed by atoms with Crippen LogP contribution in [0.5, 0.6) is 0 Å². The molecule has 3 unspecified atom stereocenters. The first-order chi connectivity index (χ1) is 14.5. The highest BCUT2D eigenvalue weighted by molar-refractivity contribution is 6.31. The van der Waals surface area contributed by atoms with E-state index in [0.717, 1.165) is 24.4 Å². The molecule has 0 saturated heterocycles. The number of rotatable bonds is 5. The van der Waals surface area contributed by atoms with Crippen molar-refractivity contribution in [2.45, 2.75) is 38.0 Å². The van der Waals surface area contributed by atoms with Gasteiger partial charge in [0.25, 0.3) is 0 Å². The van der Waals surface area contributed by atoms with Gasteiger partial charge >= 0.3 is 0 Å². The highest BCUT2D eigenvalue weighted by Crippen LogP contribution is 2.35. The number of halogens is 2. The van der Waals surface area contributed by atoms with Gasteiger partial charge in [0, 0.05) is 41.8 Å². The average Bonchev–Trinajstić information content (AvgIpc) is 3.14. The van der Waals surface area contributed by atoms with E-state index in [0.29, 0.717) is 35.0 Å². The van der Waals surface area contributed by atoms with Gasteiger partial charge in [-0.3, -0.25) is 4.79 Å². The van der Waals surface area contributed by atoms with Crippen molar-refractivity contribution < 1.29 is 9.18 Å². The number of fused-ring (bicyclic) bond motifs is 1. The van der Waals surface area contributed by atoms with Gasteiger partial charge in [-0.2, -0.15) is 0 Å². The molecule has 1 saturated carbocycles. The second-order valence-electron chi connectivity index (χ2n) is 7.40. The number of amides is 1. The zero-order valence-corrected chi connectivity index (χ0v) is 17.2. The van der Waals surface area contributed by atoms with Gasteiger partial charge in [0.05, 0.1) is 19.1 Å². The summed E-state index contributed by atoms with van der Waals surface area (Å²) in [6, 6.07) is 1.48. The fourth-order valence-corrected chi connectivity index (χ4v) is 4.10. The van der Waals surface area contributed by atoms with Crippen LogP contribution >= 0.6 is 11.6 Å². The molecule has 30 heavy (non-hydrogen) atoms. The normalized spacial score (nSPS) is 21.5. The third kappa shape index (κ3) is 3.98. The number of carbonyl (C=O) groups excluding carboxylic acids is 1. The maximum absolute atomic E-state index is 14.5. The number of H-pyrrole nitrogens is 1. The smallest absolute Gasteiger partial charge is 0.222 e. The molecule has 1 aliphatic carbocycles. The second kappa shape index (κ2) is 8.59. The summed E-state index contributed by atoms with van der Waals surface area (Å²) >= 11 is 6.06. The van der Waals surface area contributed by atoms with Crippen molar-refractivity contribution in [3.05, 3.63) is 35.5 Å². The van der Waals surface area contributed by atoms with E-state index in [4.69, 9.17) is 19.4 Å². The first kappa shape index (κ1) is 20.6.